The number of piperidine rings is 1. The van der Waals surface area contributed by atoms with Crippen LogP contribution in [0.15, 0.2) is 47.6 Å². The fraction of sp³-hybridized carbons (Fsp3) is 0.357. The van der Waals surface area contributed by atoms with Gasteiger partial charge in [-0.05, 0) is 55.0 Å². The molecule has 2 heterocycles. The maximum absolute atomic E-state index is 13.4. The minimum Gasteiger partial charge on any atom is -0.350 e. The van der Waals surface area contributed by atoms with Crippen molar-refractivity contribution in [2.24, 2.45) is 18.0 Å². The summed E-state index contributed by atoms with van der Waals surface area (Å²) in [6.07, 6.45) is 5.66. The zero-order valence-electron chi connectivity index (χ0n) is 21.2. The van der Waals surface area contributed by atoms with Crippen molar-refractivity contribution in [1.29, 1.82) is 0 Å². The largest absolute Gasteiger partial charge is 0.350 e. The number of benzene rings is 2. The topological polar surface area (TPSA) is 75.0 Å². The van der Waals surface area contributed by atoms with Crippen molar-refractivity contribution in [1.82, 2.24) is 14.4 Å². The van der Waals surface area contributed by atoms with E-state index in [1.165, 1.54) is 17.0 Å². The summed E-state index contributed by atoms with van der Waals surface area (Å²) in [6, 6.07) is 9.85. The molecular formula is C28H30ClFN4O3. The van der Waals surface area contributed by atoms with Crippen LogP contribution >= 0.6 is 11.6 Å². The Morgan fingerprint density at radius 2 is 1.81 bits per heavy atom. The van der Waals surface area contributed by atoms with Gasteiger partial charge in [-0.15, -0.1) is 0 Å². The number of amides is 2. The molecule has 0 aliphatic carbocycles. The second-order valence-electron chi connectivity index (χ2n) is 9.52. The molecule has 2 amide bonds. The van der Waals surface area contributed by atoms with Gasteiger partial charge >= 0.3 is 0 Å². The molecule has 0 saturated carbocycles. The van der Waals surface area contributed by atoms with Crippen LogP contribution in [0.25, 0.3) is 10.9 Å². The molecule has 0 unspecified atom stereocenters. The third-order valence-corrected chi connectivity index (χ3v) is 7.28. The van der Waals surface area contributed by atoms with Crippen molar-refractivity contribution in [3.05, 3.63) is 70.1 Å². The average Bonchev–Trinajstić information content (AvgIpc) is 3.22. The lowest BCUT2D eigenvalue weighted by Crippen LogP contribution is -2.39. The van der Waals surface area contributed by atoms with E-state index in [1.54, 1.807) is 67.3 Å². The Hall–Kier alpha value is -3.52. The lowest BCUT2D eigenvalue weighted by molar-refractivity contribution is -0.124. The molecule has 37 heavy (non-hydrogen) atoms. The second kappa shape index (κ2) is 11.3. The number of likely N-dealkylation sites (N-methyl/N-ethyl adjacent to an activating group) is 1. The number of nitrogens with zero attached hydrogens (tertiary/aromatic N) is 4. The zero-order valence-corrected chi connectivity index (χ0v) is 22.0. The van der Waals surface area contributed by atoms with Crippen LogP contribution in [0.5, 0.6) is 0 Å². The number of halogens is 2. The summed E-state index contributed by atoms with van der Waals surface area (Å²) in [7, 11) is 4.90. The summed E-state index contributed by atoms with van der Waals surface area (Å²) in [6.45, 7) is 1.39. The number of hydrogen-bond acceptors (Lipinski definition) is 4. The number of likely N-dealkylation sites (tertiary alicyclic amines) is 1. The van der Waals surface area contributed by atoms with E-state index in [0.29, 0.717) is 40.5 Å². The number of fused-ring (bicyclic) bond motifs is 1. The third-order valence-electron chi connectivity index (χ3n) is 6.97. The van der Waals surface area contributed by atoms with Crippen molar-refractivity contribution in [3.63, 3.8) is 0 Å². The number of hydrogen-bond donors (Lipinski definition) is 0. The van der Waals surface area contributed by atoms with Crippen LogP contribution in [0.4, 0.5) is 4.39 Å². The predicted molar refractivity (Wildman–Crippen MR) is 143 cm³/mol. The molecule has 2 aromatic carbocycles. The standard InChI is InChI=1S/C28H30ClFN4O3/c1-31-10-13-32(2)28(37)26(35)23-17-33(3)25-16-24(29)22(15-21(23)25)27(36)34-11-8-19(9-12-34)14-18-4-6-20(30)7-5-18/h4-7,10,15-17,19H,8-9,11-14H2,1-3H3/b31-10+. The van der Waals surface area contributed by atoms with Crippen molar-refractivity contribution in [2.75, 3.05) is 33.7 Å². The number of carbonyl (C=O) groups excluding carboxylic acids is 3. The molecule has 0 bridgehead atoms. The summed E-state index contributed by atoms with van der Waals surface area (Å²) in [5, 5.41) is 0.811. The first-order valence-electron chi connectivity index (χ1n) is 12.2. The highest BCUT2D eigenvalue weighted by atomic mass is 35.5. The number of aromatic nitrogens is 1. The minimum absolute atomic E-state index is 0.197. The second-order valence-corrected chi connectivity index (χ2v) is 9.93. The molecule has 194 valence electrons. The normalized spacial score (nSPS) is 14.5. The quantitative estimate of drug-likeness (QED) is 0.261. The van der Waals surface area contributed by atoms with Gasteiger partial charge in [0.15, 0.2) is 0 Å². The highest BCUT2D eigenvalue weighted by Gasteiger charge is 2.28. The highest BCUT2D eigenvalue weighted by molar-refractivity contribution is 6.45. The van der Waals surface area contributed by atoms with Crippen molar-refractivity contribution in [2.45, 2.75) is 19.3 Å². The molecule has 3 aromatic rings. The number of Topliss-reactive ketones (excluding diaryl/α,β-unsaturated/α-hetero) is 1. The lowest BCUT2D eigenvalue weighted by atomic mass is 9.90. The van der Waals surface area contributed by atoms with E-state index in [0.717, 1.165) is 24.8 Å². The average molecular weight is 525 g/mol. The van der Waals surface area contributed by atoms with Crippen LogP contribution < -0.4 is 0 Å². The van der Waals surface area contributed by atoms with Crippen LogP contribution in [-0.4, -0.2) is 71.9 Å². The molecule has 1 aliphatic heterocycles. The van der Waals surface area contributed by atoms with Gasteiger partial charge in [0.2, 0.25) is 0 Å². The molecule has 1 fully saturated rings. The Kier molecular flexibility index (Phi) is 8.07. The number of aryl methyl sites for hydroxylation is 1. The predicted octanol–water partition coefficient (Wildman–Crippen LogP) is 4.41. The number of rotatable bonds is 7. The number of aliphatic imine (C=N–C) groups is 1. The SMILES string of the molecule is C/N=C/CN(C)C(=O)C(=O)c1cn(C)c2cc(Cl)c(C(=O)N3CCC(Cc4ccc(F)cc4)CC3)cc12. The van der Waals surface area contributed by atoms with E-state index in [-0.39, 0.29) is 23.8 Å². The van der Waals surface area contributed by atoms with Crippen LogP contribution in [0.1, 0.15) is 39.1 Å². The summed E-state index contributed by atoms with van der Waals surface area (Å²) in [5.74, 6) is -1.34. The molecule has 0 N–H and O–H groups in total. The van der Waals surface area contributed by atoms with Crippen LogP contribution in [0.3, 0.4) is 0 Å². The van der Waals surface area contributed by atoms with Crippen molar-refractivity contribution < 1.29 is 18.8 Å². The smallest absolute Gasteiger partial charge is 0.295 e. The number of carbonyl (C=O) groups is 3. The van der Waals surface area contributed by atoms with Gasteiger partial charge < -0.3 is 14.4 Å². The molecule has 0 spiro atoms. The van der Waals surface area contributed by atoms with Gasteiger partial charge in [-0.1, -0.05) is 23.7 Å². The maximum Gasteiger partial charge on any atom is 0.295 e. The highest BCUT2D eigenvalue weighted by Crippen LogP contribution is 2.31. The molecule has 0 atom stereocenters. The van der Waals surface area contributed by atoms with Gasteiger partial charge in [-0.25, -0.2) is 4.39 Å². The van der Waals surface area contributed by atoms with Gasteiger partial charge in [0.1, 0.15) is 5.82 Å². The van der Waals surface area contributed by atoms with Crippen LogP contribution in [0, 0.1) is 11.7 Å². The third kappa shape index (κ3) is 5.74. The molecule has 1 aromatic heterocycles. The molecule has 9 heteroatoms. The molecule has 7 nitrogen and oxygen atoms in total. The summed E-state index contributed by atoms with van der Waals surface area (Å²) in [4.78, 5) is 46.1. The van der Waals surface area contributed by atoms with Crippen molar-refractivity contribution in [3.8, 4) is 0 Å². The minimum atomic E-state index is -0.654. The Morgan fingerprint density at radius 3 is 2.46 bits per heavy atom. The van der Waals surface area contributed by atoms with E-state index < -0.39 is 11.7 Å². The number of ketones is 1. The first-order valence-corrected chi connectivity index (χ1v) is 12.6. The first kappa shape index (κ1) is 26.5. The Morgan fingerprint density at radius 1 is 1.14 bits per heavy atom. The van der Waals surface area contributed by atoms with Gasteiger partial charge in [-0.2, -0.15) is 0 Å². The lowest BCUT2D eigenvalue weighted by Gasteiger charge is -2.32. The van der Waals surface area contributed by atoms with E-state index in [1.807, 2.05) is 0 Å². The van der Waals surface area contributed by atoms with Crippen LogP contribution in [0.2, 0.25) is 5.02 Å². The summed E-state index contributed by atoms with van der Waals surface area (Å²) < 4.78 is 14.9. The van der Waals surface area contributed by atoms with Gasteiger partial charge in [0, 0.05) is 52.0 Å². The van der Waals surface area contributed by atoms with Gasteiger partial charge in [0.25, 0.3) is 17.6 Å². The fourth-order valence-corrected chi connectivity index (χ4v) is 5.03. The molecule has 4 rings (SSSR count). The summed E-state index contributed by atoms with van der Waals surface area (Å²) >= 11 is 6.53. The van der Waals surface area contributed by atoms with Gasteiger partial charge in [0.05, 0.1) is 28.2 Å². The monoisotopic (exact) mass is 524 g/mol. The summed E-state index contributed by atoms with van der Waals surface area (Å²) in [5.41, 5.74) is 2.29. The molecule has 0 radical (unpaired) electrons. The maximum atomic E-state index is 13.4. The first-order chi connectivity index (χ1) is 17.7. The molecule has 1 aliphatic rings. The van der Waals surface area contributed by atoms with Crippen LogP contribution in [-0.2, 0) is 18.3 Å². The van der Waals surface area contributed by atoms with E-state index in [9.17, 15) is 18.8 Å². The van der Waals surface area contributed by atoms with E-state index in [4.69, 9.17) is 11.6 Å². The Balaban J connectivity index is 1.52. The molecular weight excluding hydrogens is 495 g/mol. The molecule has 1 saturated heterocycles. The fourth-order valence-electron chi connectivity index (χ4n) is 4.79. The van der Waals surface area contributed by atoms with Crippen molar-refractivity contribution >= 4 is 46.3 Å². The van der Waals surface area contributed by atoms with Gasteiger partial charge in [-0.3, -0.25) is 19.4 Å². The zero-order chi connectivity index (χ0) is 26.7. The van der Waals surface area contributed by atoms with E-state index >= 15 is 0 Å². The Bertz CT molecular complexity index is 1360. The Labute approximate surface area is 220 Å². The van der Waals surface area contributed by atoms with E-state index in [2.05, 4.69) is 4.99 Å².